The van der Waals surface area contributed by atoms with Crippen molar-refractivity contribution in [2.45, 2.75) is 45.1 Å². The number of ketones is 1. The molecule has 0 amide bonds. The van der Waals surface area contributed by atoms with Gasteiger partial charge in [-0.15, -0.1) is 0 Å². The van der Waals surface area contributed by atoms with Gasteiger partial charge in [-0.2, -0.15) is 4.31 Å². The van der Waals surface area contributed by atoms with Crippen molar-refractivity contribution in [3.63, 3.8) is 0 Å². The molecule has 2 aliphatic heterocycles. The maximum absolute atomic E-state index is 13.0. The number of benzene rings is 1. The van der Waals surface area contributed by atoms with Crippen molar-refractivity contribution in [2.24, 2.45) is 5.41 Å². The predicted octanol–water partition coefficient (Wildman–Crippen LogP) is 2.70. The van der Waals surface area contributed by atoms with E-state index in [0.29, 0.717) is 24.6 Å². The quantitative estimate of drug-likeness (QED) is 0.775. The Labute approximate surface area is 149 Å². The summed E-state index contributed by atoms with van der Waals surface area (Å²) in [4.78, 5) is 12.4. The molecule has 0 N–H and O–H groups in total. The highest BCUT2D eigenvalue weighted by Crippen LogP contribution is 2.47. The normalized spacial score (nSPS) is 30.4. The Kier molecular flexibility index (Phi) is 4.21. The molecule has 25 heavy (non-hydrogen) atoms. The highest BCUT2D eigenvalue weighted by molar-refractivity contribution is 7.89. The Morgan fingerprint density at radius 3 is 2.32 bits per heavy atom. The summed E-state index contributed by atoms with van der Waals surface area (Å²) in [5.74, 6) is -0.0561. The van der Waals surface area contributed by atoms with E-state index in [0.717, 1.165) is 16.7 Å². The summed E-state index contributed by atoms with van der Waals surface area (Å²) < 4.78 is 33.5. The number of sulfonamides is 1. The Balaban J connectivity index is 2.01. The number of aryl methyl sites for hydroxylation is 1. The second-order valence-corrected chi connectivity index (χ2v) is 9.57. The first-order chi connectivity index (χ1) is 11.5. The lowest BCUT2D eigenvalue weighted by Gasteiger charge is -2.41. The molecule has 0 aliphatic carbocycles. The first kappa shape index (κ1) is 18.3. The van der Waals surface area contributed by atoms with Gasteiger partial charge >= 0.3 is 0 Å². The number of carbonyl (C=O) groups is 1. The monoisotopic (exact) mass is 363 g/mol. The first-order valence-corrected chi connectivity index (χ1v) is 9.87. The second-order valence-electron chi connectivity index (χ2n) is 7.63. The predicted molar refractivity (Wildman–Crippen MR) is 95.8 cm³/mol. The molecule has 136 valence electrons. The lowest BCUT2D eigenvalue weighted by Crippen LogP contribution is -2.47. The number of rotatable bonds is 3. The van der Waals surface area contributed by atoms with E-state index in [2.05, 4.69) is 0 Å². The summed E-state index contributed by atoms with van der Waals surface area (Å²) >= 11 is 0. The fourth-order valence-corrected chi connectivity index (χ4v) is 5.24. The van der Waals surface area contributed by atoms with Crippen LogP contribution in [0.3, 0.4) is 0 Å². The molecule has 5 nitrogen and oxygen atoms in total. The maximum atomic E-state index is 13.0. The van der Waals surface area contributed by atoms with Gasteiger partial charge in [0.1, 0.15) is 5.60 Å². The van der Waals surface area contributed by atoms with E-state index in [4.69, 9.17) is 4.74 Å². The summed E-state index contributed by atoms with van der Waals surface area (Å²) in [5, 5.41) is 0. The van der Waals surface area contributed by atoms with Gasteiger partial charge < -0.3 is 4.74 Å². The number of fused-ring (bicyclic) bond motifs is 1. The number of nitrogens with zero attached hydrogens (tertiary/aromatic N) is 1. The Morgan fingerprint density at radius 2 is 1.76 bits per heavy atom. The van der Waals surface area contributed by atoms with Crippen molar-refractivity contribution in [3.8, 4) is 0 Å². The molecule has 0 saturated carbocycles. The van der Waals surface area contributed by atoms with E-state index in [9.17, 15) is 13.2 Å². The molecule has 1 aromatic carbocycles. The summed E-state index contributed by atoms with van der Waals surface area (Å²) in [6.45, 7) is 10.1. The van der Waals surface area contributed by atoms with Gasteiger partial charge in [-0.1, -0.05) is 24.6 Å². The number of carbonyl (C=O) groups excluding carboxylic acids is 1. The van der Waals surface area contributed by atoms with E-state index in [-0.39, 0.29) is 5.78 Å². The average molecular weight is 363 g/mol. The van der Waals surface area contributed by atoms with E-state index >= 15 is 0 Å². The van der Waals surface area contributed by atoms with Gasteiger partial charge in [0.25, 0.3) is 0 Å². The van der Waals surface area contributed by atoms with Crippen molar-refractivity contribution in [3.05, 3.63) is 41.0 Å². The van der Waals surface area contributed by atoms with Crippen LogP contribution in [0, 0.1) is 12.3 Å². The van der Waals surface area contributed by atoms with Gasteiger partial charge in [-0.25, -0.2) is 8.42 Å². The molecule has 1 saturated heterocycles. The van der Waals surface area contributed by atoms with Gasteiger partial charge in [0.05, 0.1) is 11.5 Å². The maximum Gasteiger partial charge on any atom is 0.243 e. The largest absolute Gasteiger partial charge is 0.362 e. The summed E-state index contributed by atoms with van der Waals surface area (Å²) in [7, 11) is -3.57. The smallest absolute Gasteiger partial charge is 0.243 e. The van der Waals surface area contributed by atoms with Crippen molar-refractivity contribution in [1.29, 1.82) is 0 Å². The van der Waals surface area contributed by atoms with Gasteiger partial charge in [-0.05, 0) is 51.0 Å². The molecule has 0 radical (unpaired) electrons. The van der Waals surface area contributed by atoms with Crippen molar-refractivity contribution in [2.75, 3.05) is 19.7 Å². The Morgan fingerprint density at radius 1 is 1.16 bits per heavy atom. The fourth-order valence-electron chi connectivity index (χ4n) is 3.71. The van der Waals surface area contributed by atoms with Crippen LogP contribution in [-0.2, 0) is 19.6 Å². The van der Waals surface area contributed by atoms with E-state index in [1.54, 1.807) is 31.2 Å². The molecule has 2 atom stereocenters. The zero-order valence-electron chi connectivity index (χ0n) is 15.4. The molecule has 1 aromatic rings. The summed E-state index contributed by atoms with van der Waals surface area (Å²) in [6, 6.07) is 6.90. The van der Waals surface area contributed by atoms with Crippen molar-refractivity contribution in [1.82, 2.24) is 4.31 Å². The molecular formula is C19H25NO4S. The number of hydrogen-bond donors (Lipinski definition) is 0. The van der Waals surface area contributed by atoms with Gasteiger partial charge in [0, 0.05) is 18.5 Å². The third-order valence-electron chi connectivity index (χ3n) is 5.77. The van der Waals surface area contributed by atoms with Crippen molar-refractivity contribution < 1.29 is 17.9 Å². The van der Waals surface area contributed by atoms with Gasteiger partial charge in [0.15, 0.2) is 5.78 Å². The minimum absolute atomic E-state index is 0.0561. The zero-order chi connectivity index (χ0) is 18.6. The van der Waals surface area contributed by atoms with Crippen LogP contribution in [0.5, 0.6) is 0 Å². The average Bonchev–Trinajstić information content (AvgIpc) is 2.91. The fraction of sp³-hybridized carbons (Fsp3) is 0.526. The SMILES string of the molecule is CC(=O)[C@@]1(C)OC[C@@]2(C)CN(S(=O)(=O)c3ccc(C)cc3)CC2=C1C. The third kappa shape index (κ3) is 2.76. The topological polar surface area (TPSA) is 63.7 Å². The lowest BCUT2D eigenvalue weighted by molar-refractivity contribution is -0.140. The Hall–Kier alpha value is -1.50. The van der Waals surface area contributed by atoms with Crippen LogP contribution in [0.15, 0.2) is 40.3 Å². The molecule has 6 heteroatoms. The third-order valence-corrected chi connectivity index (χ3v) is 7.57. The molecule has 0 bridgehead atoms. The highest BCUT2D eigenvalue weighted by Gasteiger charge is 2.51. The van der Waals surface area contributed by atoms with Crippen LogP contribution < -0.4 is 0 Å². The minimum atomic E-state index is -3.57. The van der Waals surface area contributed by atoms with E-state index in [1.807, 2.05) is 20.8 Å². The molecular weight excluding hydrogens is 338 g/mol. The number of ether oxygens (including phenoxy) is 1. The van der Waals surface area contributed by atoms with Crippen LogP contribution in [0.4, 0.5) is 0 Å². The van der Waals surface area contributed by atoms with Crippen molar-refractivity contribution >= 4 is 15.8 Å². The molecule has 0 unspecified atom stereocenters. The molecule has 0 spiro atoms. The van der Waals surface area contributed by atoms with Crippen LogP contribution in [-0.4, -0.2) is 43.8 Å². The lowest BCUT2D eigenvalue weighted by atomic mass is 9.75. The highest BCUT2D eigenvalue weighted by atomic mass is 32.2. The molecule has 3 rings (SSSR count). The molecule has 2 aliphatic rings. The minimum Gasteiger partial charge on any atom is -0.362 e. The molecule has 2 heterocycles. The zero-order valence-corrected chi connectivity index (χ0v) is 16.2. The van der Waals surface area contributed by atoms with Crippen LogP contribution >= 0.6 is 0 Å². The standard InChI is InChI=1S/C19H25NO4S/c1-13-6-8-16(9-7-13)25(22,23)20-10-17-14(2)19(5,15(3)21)24-12-18(17,4)11-20/h6-9H,10-12H2,1-5H3/t18-,19+/m1/s1. The summed E-state index contributed by atoms with van der Waals surface area (Å²) in [5.41, 5.74) is 1.52. The first-order valence-electron chi connectivity index (χ1n) is 8.43. The molecule has 0 aromatic heterocycles. The Bertz CT molecular complexity index is 856. The van der Waals surface area contributed by atoms with Gasteiger partial charge in [0.2, 0.25) is 10.0 Å². The summed E-state index contributed by atoms with van der Waals surface area (Å²) in [6.07, 6.45) is 0. The van der Waals surface area contributed by atoms with Crippen LogP contribution in [0.25, 0.3) is 0 Å². The van der Waals surface area contributed by atoms with E-state index < -0.39 is 21.0 Å². The van der Waals surface area contributed by atoms with Gasteiger partial charge in [-0.3, -0.25) is 4.79 Å². The number of hydrogen-bond acceptors (Lipinski definition) is 4. The second kappa shape index (κ2) is 5.76. The van der Waals surface area contributed by atoms with Crippen LogP contribution in [0.1, 0.15) is 33.3 Å². The number of Topliss-reactive ketones (excluding diaryl/α,β-unsaturated/α-hetero) is 1. The van der Waals surface area contributed by atoms with Crippen LogP contribution in [0.2, 0.25) is 0 Å². The van der Waals surface area contributed by atoms with E-state index in [1.165, 1.54) is 11.2 Å². The molecule has 1 fully saturated rings.